The number of hydrogen-bond acceptors (Lipinski definition) is 3. The number of anilines is 1. The molecule has 1 aliphatic rings. The van der Waals surface area contributed by atoms with Gasteiger partial charge in [0.15, 0.2) is 14.9 Å². The Balaban J connectivity index is 2.03. The molecule has 4 nitrogen and oxygen atoms in total. The number of hydrogen-bond donors (Lipinski definition) is 1. The molecule has 0 radical (unpaired) electrons. The Hall–Kier alpha value is -1.14. The summed E-state index contributed by atoms with van der Waals surface area (Å²) < 4.78 is 23.2. The lowest BCUT2D eigenvalue weighted by atomic mass is 10.1. The summed E-state index contributed by atoms with van der Waals surface area (Å²) in [6.45, 7) is 4.82. The van der Waals surface area contributed by atoms with Gasteiger partial charge in [-0.15, -0.1) is 0 Å². The highest BCUT2D eigenvalue weighted by molar-refractivity contribution is 7.91. The molecule has 21 heavy (non-hydrogen) atoms. The van der Waals surface area contributed by atoms with Crippen LogP contribution in [-0.2, 0) is 16.3 Å². The zero-order chi connectivity index (χ0) is 15.5. The summed E-state index contributed by atoms with van der Waals surface area (Å²) >= 11 is 5.45. The Bertz CT molecular complexity index is 597. The van der Waals surface area contributed by atoms with Crippen molar-refractivity contribution in [3.63, 3.8) is 0 Å². The van der Waals surface area contributed by atoms with Gasteiger partial charge in [-0.3, -0.25) is 0 Å². The van der Waals surface area contributed by atoms with Gasteiger partial charge >= 0.3 is 0 Å². The predicted molar refractivity (Wildman–Crippen MR) is 91.5 cm³/mol. The fourth-order valence-corrected chi connectivity index (χ4v) is 4.73. The molecule has 0 aromatic heterocycles. The second kappa shape index (κ2) is 6.75. The minimum Gasteiger partial charge on any atom is -0.345 e. The molecule has 6 heteroatoms. The summed E-state index contributed by atoms with van der Waals surface area (Å²) in [4.78, 5) is 1.98. The molecule has 2 rings (SSSR count). The SMILES string of the molecule is CCc1ccc(NC(=S)N(CC)[C@H]2CCS(=O)(=O)C2)cc1. The molecular formula is C15H22N2O2S2. The molecule has 1 atom stereocenters. The molecule has 1 saturated heterocycles. The lowest BCUT2D eigenvalue weighted by Crippen LogP contribution is -2.43. The third-order valence-electron chi connectivity index (χ3n) is 3.86. The van der Waals surface area contributed by atoms with Gasteiger partial charge in [-0.05, 0) is 49.7 Å². The van der Waals surface area contributed by atoms with Gasteiger partial charge in [0.05, 0.1) is 11.5 Å². The summed E-state index contributed by atoms with van der Waals surface area (Å²) in [6, 6.07) is 8.15. The normalized spacial score (nSPS) is 20.2. The van der Waals surface area contributed by atoms with E-state index in [0.717, 1.165) is 12.1 Å². The van der Waals surface area contributed by atoms with Crippen LogP contribution in [0.15, 0.2) is 24.3 Å². The first-order chi connectivity index (χ1) is 9.95. The van der Waals surface area contributed by atoms with Crippen molar-refractivity contribution in [1.82, 2.24) is 4.90 Å². The molecule has 1 aromatic carbocycles. The van der Waals surface area contributed by atoms with Gasteiger partial charge in [-0.1, -0.05) is 19.1 Å². The maximum Gasteiger partial charge on any atom is 0.173 e. The summed E-state index contributed by atoms with van der Waals surface area (Å²) in [5, 5.41) is 3.81. The van der Waals surface area contributed by atoms with E-state index in [2.05, 4.69) is 24.4 Å². The largest absolute Gasteiger partial charge is 0.345 e. The Morgan fingerprint density at radius 3 is 2.48 bits per heavy atom. The van der Waals surface area contributed by atoms with Crippen LogP contribution in [0.1, 0.15) is 25.8 Å². The van der Waals surface area contributed by atoms with E-state index in [9.17, 15) is 8.42 Å². The van der Waals surface area contributed by atoms with Gasteiger partial charge in [-0.2, -0.15) is 0 Å². The molecule has 116 valence electrons. The molecule has 1 heterocycles. The van der Waals surface area contributed by atoms with E-state index in [0.29, 0.717) is 18.1 Å². The zero-order valence-corrected chi connectivity index (χ0v) is 14.1. The van der Waals surface area contributed by atoms with Gasteiger partial charge in [0.25, 0.3) is 0 Å². The molecule has 1 aromatic rings. The van der Waals surface area contributed by atoms with Crippen molar-refractivity contribution >= 4 is 32.9 Å². The third-order valence-corrected chi connectivity index (χ3v) is 5.95. The van der Waals surface area contributed by atoms with Crippen LogP contribution in [0.5, 0.6) is 0 Å². The number of thiocarbonyl (C=S) groups is 1. The van der Waals surface area contributed by atoms with Crippen LogP contribution in [0, 0.1) is 0 Å². The summed E-state index contributed by atoms with van der Waals surface area (Å²) in [7, 11) is -2.90. The van der Waals surface area contributed by atoms with E-state index in [1.807, 2.05) is 24.0 Å². The highest BCUT2D eigenvalue weighted by Gasteiger charge is 2.32. The lowest BCUT2D eigenvalue weighted by Gasteiger charge is -2.29. The molecular weight excluding hydrogens is 304 g/mol. The van der Waals surface area contributed by atoms with Crippen molar-refractivity contribution in [3.05, 3.63) is 29.8 Å². The number of nitrogens with zero attached hydrogens (tertiary/aromatic N) is 1. The van der Waals surface area contributed by atoms with E-state index in [4.69, 9.17) is 12.2 Å². The topological polar surface area (TPSA) is 49.4 Å². The highest BCUT2D eigenvalue weighted by atomic mass is 32.2. The van der Waals surface area contributed by atoms with E-state index in [1.54, 1.807) is 0 Å². The Morgan fingerprint density at radius 2 is 2.00 bits per heavy atom. The summed E-state index contributed by atoms with van der Waals surface area (Å²) in [5.74, 6) is 0.472. The Labute approximate surface area is 132 Å². The lowest BCUT2D eigenvalue weighted by molar-refractivity contribution is 0.355. The van der Waals surface area contributed by atoms with Crippen molar-refractivity contribution in [1.29, 1.82) is 0 Å². The van der Waals surface area contributed by atoms with Gasteiger partial charge in [0, 0.05) is 18.3 Å². The van der Waals surface area contributed by atoms with E-state index < -0.39 is 9.84 Å². The second-order valence-electron chi connectivity index (χ2n) is 5.32. The van der Waals surface area contributed by atoms with Crippen molar-refractivity contribution in [2.45, 2.75) is 32.7 Å². The number of rotatable bonds is 4. The molecule has 0 spiro atoms. The van der Waals surface area contributed by atoms with E-state index in [-0.39, 0.29) is 17.5 Å². The van der Waals surface area contributed by atoms with Crippen LogP contribution in [-0.4, -0.2) is 42.5 Å². The quantitative estimate of drug-likeness (QED) is 0.861. The number of benzene rings is 1. The number of aryl methyl sites for hydroxylation is 1. The van der Waals surface area contributed by atoms with E-state index in [1.165, 1.54) is 5.56 Å². The molecule has 1 N–H and O–H groups in total. The molecule has 1 fully saturated rings. The molecule has 1 aliphatic heterocycles. The smallest absolute Gasteiger partial charge is 0.173 e. The molecule has 0 bridgehead atoms. The monoisotopic (exact) mass is 326 g/mol. The van der Waals surface area contributed by atoms with Crippen molar-refractivity contribution in [2.75, 3.05) is 23.4 Å². The molecule has 0 unspecified atom stereocenters. The summed E-state index contributed by atoms with van der Waals surface area (Å²) in [6.07, 6.45) is 1.67. The second-order valence-corrected chi connectivity index (χ2v) is 7.94. The molecule has 0 saturated carbocycles. The van der Waals surface area contributed by atoms with Gasteiger partial charge in [0.2, 0.25) is 0 Å². The van der Waals surface area contributed by atoms with Gasteiger partial charge < -0.3 is 10.2 Å². The average molecular weight is 326 g/mol. The van der Waals surface area contributed by atoms with Crippen LogP contribution in [0.25, 0.3) is 0 Å². The predicted octanol–water partition coefficient (Wildman–Crippen LogP) is 2.45. The standard InChI is InChI=1S/C15H22N2O2S2/c1-3-12-5-7-13(8-6-12)16-15(20)17(4-2)14-9-10-21(18,19)11-14/h5-8,14H,3-4,9-11H2,1-2H3,(H,16,20)/t14-/m0/s1. The fourth-order valence-electron chi connectivity index (χ4n) is 2.61. The van der Waals surface area contributed by atoms with Crippen LogP contribution < -0.4 is 5.32 Å². The van der Waals surface area contributed by atoms with Gasteiger partial charge in [0.1, 0.15) is 0 Å². The first kappa shape index (κ1) is 16.2. The van der Waals surface area contributed by atoms with Crippen molar-refractivity contribution in [2.24, 2.45) is 0 Å². The van der Waals surface area contributed by atoms with Crippen molar-refractivity contribution < 1.29 is 8.42 Å². The maximum absolute atomic E-state index is 11.6. The average Bonchev–Trinajstić information content (AvgIpc) is 2.80. The number of sulfone groups is 1. The molecule has 0 aliphatic carbocycles. The third kappa shape index (κ3) is 4.17. The summed E-state index contributed by atoms with van der Waals surface area (Å²) in [5.41, 5.74) is 2.22. The first-order valence-corrected chi connectivity index (χ1v) is 9.55. The Kier molecular flexibility index (Phi) is 5.22. The first-order valence-electron chi connectivity index (χ1n) is 7.32. The van der Waals surface area contributed by atoms with Crippen LogP contribution in [0.3, 0.4) is 0 Å². The van der Waals surface area contributed by atoms with Gasteiger partial charge in [-0.25, -0.2) is 8.42 Å². The van der Waals surface area contributed by atoms with E-state index >= 15 is 0 Å². The number of nitrogens with one attached hydrogen (secondary N) is 1. The van der Waals surface area contributed by atoms with Crippen LogP contribution in [0.4, 0.5) is 5.69 Å². The minimum atomic E-state index is -2.90. The minimum absolute atomic E-state index is 0.00471. The Morgan fingerprint density at radius 1 is 1.33 bits per heavy atom. The van der Waals surface area contributed by atoms with Crippen molar-refractivity contribution in [3.8, 4) is 0 Å². The van der Waals surface area contributed by atoms with Crippen LogP contribution >= 0.6 is 12.2 Å². The molecule has 0 amide bonds. The zero-order valence-electron chi connectivity index (χ0n) is 12.5. The van der Waals surface area contributed by atoms with Crippen LogP contribution in [0.2, 0.25) is 0 Å². The highest BCUT2D eigenvalue weighted by Crippen LogP contribution is 2.19. The maximum atomic E-state index is 11.6. The fraction of sp³-hybridized carbons (Fsp3) is 0.533.